The maximum absolute atomic E-state index is 11.4. The molecule has 1 heterocycles. The lowest BCUT2D eigenvalue weighted by Gasteiger charge is -2.09. The van der Waals surface area contributed by atoms with Gasteiger partial charge in [0.05, 0.1) is 17.8 Å². The number of para-hydroxylation sites is 1. The molecule has 2 N–H and O–H groups in total. The Morgan fingerprint density at radius 3 is 2.79 bits per heavy atom. The summed E-state index contributed by atoms with van der Waals surface area (Å²) in [5, 5.41) is 7.67. The smallest absolute Gasteiger partial charge is 0.168 e. The van der Waals surface area contributed by atoms with Gasteiger partial charge in [-0.2, -0.15) is 0 Å². The van der Waals surface area contributed by atoms with Crippen molar-refractivity contribution in [2.45, 2.75) is 20.4 Å². The highest BCUT2D eigenvalue weighted by Gasteiger charge is 2.08. The quantitative estimate of drug-likeness (QED) is 0.823. The maximum atomic E-state index is 11.4. The molecule has 0 fully saturated rings. The lowest BCUT2D eigenvalue weighted by Crippen LogP contribution is -2.12. The fraction of sp³-hybridized carbons (Fsp3) is 0.308. The van der Waals surface area contributed by atoms with E-state index in [-0.39, 0.29) is 5.78 Å². The molecule has 6 nitrogen and oxygen atoms in total. The van der Waals surface area contributed by atoms with Gasteiger partial charge in [0.25, 0.3) is 0 Å². The predicted octanol–water partition coefficient (Wildman–Crippen LogP) is 1.45. The van der Waals surface area contributed by atoms with Gasteiger partial charge in [-0.1, -0.05) is 17.3 Å². The van der Waals surface area contributed by atoms with Crippen molar-refractivity contribution in [2.24, 2.45) is 0 Å². The second-order valence-electron chi connectivity index (χ2n) is 4.18. The Labute approximate surface area is 111 Å². The summed E-state index contributed by atoms with van der Waals surface area (Å²) in [7, 11) is 0. The van der Waals surface area contributed by atoms with Crippen LogP contribution >= 0.6 is 0 Å². The Kier molecular flexibility index (Phi) is 3.79. The molecular formula is C13H16N4O2. The van der Waals surface area contributed by atoms with Gasteiger partial charge in [0.15, 0.2) is 11.6 Å². The lowest BCUT2D eigenvalue weighted by atomic mass is 10.1. The molecule has 0 bridgehead atoms. The molecule has 2 rings (SSSR count). The zero-order valence-electron chi connectivity index (χ0n) is 11.0. The van der Waals surface area contributed by atoms with E-state index in [1.807, 2.05) is 19.1 Å². The Morgan fingerprint density at radius 1 is 1.42 bits per heavy atom. The zero-order chi connectivity index (χ0) is 13.8. The van der Waals surface area contributed by atoms with Crippen LogP contribution in [0.1, 0.15) is 23.0 Å². The minimum absolute atomic E-state index is 0.0169. The molecule has 0 atom stereocenters. The molecule has 19 heavy (non-hydrogen) atoms. The number of ketones is 1. The van der Waals surface area contributed by atoms with E-state index >= 15 is 0 Å². The van der Waals surface area contributed by atoms with Gasteiger partial charge in [-0.15, -0.1) is 5.10 Å². The highest BCUT2D eigenvalue weighted by molar-refractivity contribution is 5.96. The standard InChI is InChI=1S/C13H16N4O2/c1-9-13(14)15-16-17(9)7-8-19-12-6-4-3-5-11(12)10(2)18/h3-6H,7-8,14H2,1-2H3. The summed E-state index contributed by atoms with van der Waals surface area (Å²) >= 11 is 0. The number of hydrogen-bond donors (Lipinski definition) is 1. The van der Waals surface area contributed by atoms with Gasteiger partial charge in [0.2, 0.25) is 0 Å². The number of hydrogen-bond acceptors (Lipinski definition) is 5. The second kappa shape index (κ2) is 5.51. The van der Waals surface area contributed by atoms with Crippen LogP contribution in [0.5, 0.6) is 5.75 Å². The van der Waals surface area contributed by atoms with Gasteiger partial charge in [-0.3, -0.25) is 4.79 Å². The van der Waals surface area contributed by atoms with Crippen molar-refractivity contribution in [2.75, 3.05) is 12.3 Å². The molecule has 0 spiro atoms. The maximum Gasteiger partial charge on any atom is 0.168 e. The molecular weight excluding hydrogens is 244 g/mol. The monoisotopic (exact) mass is 260 g/mol. The second-order valence-corrected chi connectivity index (χ2v) is 4.18. The van der Waals surface area contributed by atoms with Crippen LogP contribution in [-0.2, 0) is 6.54 Å². The number of ether oxygens (including phenoxy) is 1. The van der Waals surface area contributed by atoms with Gasteiger partial charge >= 0.3 is 0 Å². The Hall–Kier alpha value is -2.37. The minimum atomic E-state index is -0.0169. The van der Waals surface area contributed by atoms with E-state index in [2.05, 4.69) is 10.3 Å². The Bertz CT molecular complexity index is 592. The first-order chi connectivity index (χ1) is 9.09. The molecule has 0 saturated heterocycles. The summed E-state index contributed by atoms with van der Waals surface area (Å²) in [6.07, 6.45) is 0. The normalized spacial score (nSPS) is 10.4. The number of anilines is 1. The average molecular weight is 260 g/mol. The number of Topliss-reactive ketones (excluding diaryl/α,β-unsaturated/α-hetero) is 1. The third-order valence-electron chi connectivity index (χ3n) is 2.85. The predicted molar refractivity (Wildman–Crippen MR) is 71.1 cm³/mol. The molecule has 0 radical (unpaired) electrons. The van der Waals surface area contributed by atoms with Gasteiger partial charge in [0, 0.05) is 0 Å². The summed E-state index contributed by atoms with van der Waals surface area (Å²) in [6, 6.07) is 7.17. The number of rotatable bonds is 5. The molecule has 0 amide bonds. The summed E-state index contributed by atoms with van der Waals surface area (Å²) < 4.78 is 7.29. The summed E-state index contributed by atoms with van der Waals surface area (Å²) in [5.74, 6) is 0.988. The topological polar surface area (TPSA) is 83.0 Å². The third-order valence-corrected chi connectivity index (χ3v) is 2.85. The van der Waals surface area contributed by atoms with Crippen LogP contribution in [0.2, 0.25) is 0 Å². The van der Waals surface area contributed by atoms with Crippen molar-refractivity contribution in [3.05, 3.63) is 35.5 Å². The molecule has 0 saturated carbocycles. The third kappa shape index (κ3) is 2.90. The first kappa shape index (κ1) is 13.1. The van der Waals surface area contributed by atoms with E-state index in [9.17, 15) is 4.79 Å². The molecule has 0 aliphatic carbocycles. The number of carbonyl (C=O) groups excluding carboxylic acids is 1. The highest BCUT2D eigenvalue weighted by Crippen LogP contribution is 2.18. The lowest BCUT2D eigenvalue weighted by molar-refractivity contribution is 0.101. The van der Waals surface area contributed by atoms with Crippen LogP contribution in [0.4, 0.5) is 5.82 Å². The molecule has 0 aliphatic heterocycles. The average Bonchev–Trinajstić information content (AvgIpc) is 2.71. The van der Waals surface area contributed by atoms with Crippen LogP contribution in [0.25, 0.3) is 0 Å². The van der Waals surface area contributed by atoms with E-state index in [0.717, 1.165) is 5.69 Å². The highest BCUT2D eigenvalue weighted by atomic mass is 16.5. The van der Waals surface area contributed by atoms with Crippen LogP contribution in [-0.4, -0.2) is 27.4 Å². The van der Waals surface area contributed by atoms with Crippen molar-refractivity contribution in [1.29, 1.82) is 0 Å². The molecule has 1 aromatic carbocycles. The molecule has 1 aromatic heterocycles. The summed E-state index contributed by atoms with van der Waals surface area (Å²) in [4.78, 5) is 11.4. The largest absolute Gasteiger partial charge is 0.491 e. The van der Waals surface area contributed by atoms with E-state index in [0.29, 0.717) is 30.3 Å². The van der Waals surface area contributed by atoms with Crippen molar-refractivity contribution < 1.29 is 9.53 Å². The number of nitrogens with two attached hydrogens (primary N) is 1. The van der Waals surface area contributed by atoms with Crippen molar-refractivity contribution in [1.82, 2.24) is 15.0 Å². The SMILES string of the molecule is CC(=O)c1ccccc1OCCn1nnc(N)c1C. The summed E-state index contributed by atoms with van der Waals surface area (Å²) in [6.45, 7) is 4.29. The van der Waals surface area contributed by atoms with Crippen LogP contribution < -0.4 is 10.5 Å². The van der Waals surface area contributed by atoms with Crippen LogP contribution in [0, 0.1) is 6.92 Å². The van der Waals surface area contributed by atoms with Crippen molar-refractivity contribution in [3.63, 3.8) is 0 Å². The van der Waals surface area contributed by atoms with Crippen LogP contribution in [0.3, 0.4) is 0 Å². The van der Waals surface area contributed by atoms with E-state index < -0.39 is 0 Å². The molecule has 2 aromatic rings. The van der Waals surface area contributed by atoms with Gasteiger partial charge in [0.1, 0.15) is 12.4 Å². The van der Waals surface area contributed by atoms with Gasteiger partial charge in [-0.05, 0) is 26.0 Å². The zero-order valence-corrected chi connectivity index (χ0v) is 11.0. The van der Waals surface area contributed by atoms with Crippen LogP contribution in [0.15, 0.2) is 24.3 Å². The number of nitrogen functional groups attached to an aromatic ring is 1. The fourth-order valence-corrected chi connectivity index (χ4v) is 1.71. The molecule has 0 aliphatic rings. The molecule has 0 unspecified atom stereocenters. The van der Waals surface area contributed by atoms with E-state index in [1.54, 1.807) is 16.8 Å². The molecule has 100 valence electrons. The fourth-order valence-electron chi connectivity index (χ4n) is 1.71. The first-order valence-corrected chi connectivity index (χ1v) is 5.98. The number of aromatic nitrogens is 3. The molecule has 6 heteroatoms. The van der Waals surface area contributed by atoms with Crippen molar-refractivity contribution >= 4 is 11.6 Å². The number of benzene rings is 1. The van der Waals surface area contributed by atoms with E-state index in [4.69, 9.17) is 10.5 Å². The van der Waals surface area contributed by atoms with Crippen molar-refractivity contribution in [3.8, 4) is 5.75 Å². The Morgan fingerprint density at radius 2 is 2.16 bits per heavy atom. The Balaban J connectivity index is 2.00. The summed E-state index contributed by atoms with van der Waals surface area (Å²) in [5.41, 5.74) is 7.00. The number of carbonyl (C=O) groups is 1. The number of nitrogens with zero attached hydrogens (tertiary/aromatic N) is 3. The van der Waals surface area contributed by atoms with Gasteiger partial charge < -0.3 is 10.5 Å². The first-order valence-electron chi connectivity index (χ1n) is 5.98. The minimum Gasteiger partial charge on any atom is -0.491 e. The van der Waals surface area contributed by atoms with E-state index in [1.165, 1.54) is 6.92 Å². The van der Waals surface area contributed by atoms with Gasteiger partial charge in [-0.25, -0.2) is 4.68 Å².